The first-order chi connectivity index (χ1) is 30.3. The fourth-order valence-electron chi connectivity index (χ4n) is 5.92. The molecule has 7 aromatic carbocycles. The van der Waals surface area contributed by atoms with Crippen molar-refractivity contribution in [3.05, 3.63) is 228 Å². The molecular weight excluding hydrogens is 733 g/mol. The van der Waals surface area contributed by atoms with Gasteiger partial charge in [0.2, 0.25) is 0 Å². The standard InChI is InChI=1S/C31H24.C14H14.8C2H6/c1-4-11-24(12-5-1)29-17-10-18-30(23-29)25-19-21-28(22-20-25)31(26-13-6-2-7-14-26)27-15-8-3-9-16-27;1-12(13-8-4-2-5-9-13)14-10-6-3-7-11-14;8*1-2/h1-23,31H;2-12H,1H3;8*1-2H3. The molecule has 7 aromatic rings. The van der Waals surface area contributed by atoms with Crippen LogP contribution in [0, 0.1) is 0 Å². The Hall–Kier alpha value is -5.46. The Morgan fingerprint density at radius 3 is 0.754 bits per heavy atom. The zero-order chi connectivity index (χ0) is 46.7. The third-order valence-electron chi connectivity index (χ3n) is 8.41. The fourth-order valence-corrected chi connectivity index (χ4v) is 5.92. The van der Waals surface area contributed by atoms with Gasteiger partial charge in [0.25, 0.3) is 0 Å². The van der Waals surface area contributed by atoms with E-state index in [0.29, 0.717) is 5.92 Å². The van der Waals surface area contributed by atoms with Crippen LogP contribution in [0.15, 0.2) is 200 Å². The van der Waals surface area contributed by atoms with E-state index in [1.165, 1.54) is 50.1 Å². The summed E-state index contributed by atoms with van der Waals surface area (Å²) in [5.41, 5.74) is 11.6. The summed E-state index contributed by atoms with van der Waals surface area (Å²) < 4.78 is 0. The summed E-state index contributed by atoms with van der Waals surface area (Å²) in [6.45, 7) is 34.2. The van der Waals surface area contributed by atoms with Crippen LogP contribution in [0.2, 0.25) is 0 Å². The van der Waals surface area contributed by atoms with Gasteiger partial charge in [0.1, 0.15) is 0 Å². The van der Waals surface area contributed by atoms with E-state index in [2.05, 4.69) is 207 Å². The molecule has 61 heavy (non-hydrogen) atoms. The molecule has 0 N–H and O–H groups in total. The first-order valence-electron chi connectivity index (χ1n) is 23.7. The molecule has 0 bridgehead atoms. The van der Waals surface area contributed by atoms with E-state index in [1.807, 2.05) is 111 Å². The van der Waals surface area contributed by atoms with E-state index in [9.17, 15) is 0 Å². The molecule has 7 rings (SSSR count). The van der Waals surface area contributed by atoms with E-state index in [-0.39, 0.29) is 5.92 Å². The molecule has 0 heterocycles. The monoisotopic (exact) mass is 819 g/mol. The molecule has 330 valence electrons. The predicted octanol–water partition coefficient (Wildman–Crippen LogP) is 20.2. The van der Waals surface area contributed by atoms with Crippen LogP contribution in [-0.2, 0) is 0 Å². The van der Waals surface area contributed by atoms with Gasteiger partial charge in [0.05, 0.1) is 0 Å². The van der Waals surface area contributed by atoms with E-state index in [1.54, 1.807) is 0 Å². The van der Waals surface area contributed by atoms with E-state index in [4.69, 9.17) is 0 Å². The first kappa shape index (κ1) is 59.8. The van der Waals surface area contributed by atoms with Crippen molar-refractivity contribution in [1.82, 2.24) is 0 Å². The maximum atomic E-state index is 2.27. The lowest BCUT2D eigenvalue weighted by Gasteiger charge is -2.19. The van der Waals surface area contributed by atoms with Gasteiger partial charge >= 0.3 is 0 Å². The maximum Gasteiger partial charge on any atom is 0.0339 e. The molecule has 0 radical (unpaired) electrons. The van der Waals surface area contributed by atoms with E-state index in [0.717, 1.165) is 0 Å². The van der Waals surface area contributed by atoms with Gasteiger partial charge in [-0.1, -0.05) is 312 Å². The summed E-state index contributed by atoms with van der Waals surface area (Å²) in [4.78, 5) is 0. The Bertz CT molecular complexity index is 1780. The maximum absolute atomic E-state index is 2.27. The number of hydrogen-bond acceptors (Lipinski definition) is 0. The molecule has 0 aliphatic carbocycles. The number of hydrogen-bond donors (Lipinski definition) is 0. The Balaban J connectivity index is -0.000000940. The Morgan fingerprint density at radius 1 is 0.213 bits per heavy atom. The van der Waals surface area contributed by atoms with Gasteiger partial charge < -0.3 is 0 Å². The van der Waals surface area contributed by atoms with Crippen LogP contribution in [0.1, 0.15) is 157 Å². The van der Waals surface area contributed by atoms with Gasteiger partial charge in [0.15, 0.2) is 0 Å². The van der Waals surface area contributed by atoms with Gasteiger partial charge in [-0.25, -0.2) is 0 Å². The zero-order valence-electron chi connectivity index (χ0n) is 41.7. The Kier molecular flexibility index (Phi) is 41.9. The third-order valence-corrected chi connectivity index (χ3v) is 8.41. The molecule has 0 aliphatic rings. The van der Waals surface area contributed by atoms with Crippen molar-refractivity contribution in [3.63, 3.8) is 0 Å². The number of rotatable bonds is 7. The second-order valence-electron chi connectivity index (χ2n) is 11.4. The lowest BCUT2D eigenvalue weighted by Crippen LogP contribution is -2.03. The molecule has 0 fully saturated rings. The van der Waals surface area contributed by atoms with Crippen LogP contribution in [-0.4, -0.2) is 0 Å². The molecule has 0 aliphatic heterocycles. The molecule has 0 amide bonds. The minimum absolute atomic E-state index is 0.229. The van der Waals surface area contributed by atoms with Gasteiger partial charge in [-0.3, -0.25) is 0 Å². The van der Waals surface area contributed by atoms with Crippen molar-refractivity contribution in [2.24, 2.45) is 0 Å². The highest BCUT2D eigenvalue weighted by Gasteiger charge is 2.16. The van der Waals surface area contributed by atoms with Crippen molar-refractivity contribution < 1.29 is 0 Å². The summed E-state index contributed by atoms with van der Waals surface area (Å²) in [6, 6.07) is 71.1. The average Bonchev–Trinajstić information content (AvgIpc) is 3.40. The van der Waals surface area contributed by atoms with Crippen molar-refractivity contribution in [1.29, 1.82) is 0 Å². The number of benzene rings is 7. The van der Waals surface area contributed by atoms with Crippen LogP contribution in [0.3, 0.4) is 0 Å². The van der Waals surface area contributed by atoms with Crippen LogP contribution in [0.25, 0.3) is 22.3 Å². The van der Waals surface area contributed by atoms with Crippen molar-refractivity contribution in [3.8, 4) is 22.3 Å². The summed E-state index contributed by atoms with van der Waals surface area (Å²) in [7, 11) is 0. The van der Waals surface area contributed by atoms with Crippen molar-refractivity contribution in [2.45, 2.75) is 130 Å². The average molecular weight is 819 g/mol. The minimum atomic E-state index is 0.229. The minimum Gasteiger partial charge on any atom is -0.0683 e. The van der Waals surface area contributed by atoms with Crippen molar-refractivity contribution >= 4 is 0 Å². The Morgan fingerprint density at radius 2 is 0.443 bits per heavy atom. The molecule has 0 saturated heterocycles. The lowest BCUT2D eigenvalue weighted by molar-refractivity contribution is 0.922. The molecule has 0 unspecified atom stereocenters. The molecule has 0 atom stereocenters. The van der Waals surface area contributed by atoms with Crippen LogP contribution < -0.4 is 0 Å². The highest BCUT2D eigenvalue weighted by Crippen LogP contribution is 2.34. The van der Waals surface area contributed by atoms with Crippen LogP contribution >= 0.6 is 0 Å². The smallest absolute Gasteiger partial charge is 0.0339 e. The summed E-state index contributed by atoms with van der Waals surface area (Å²) in [5, 5.41) is 0. The summed E-state index contributed by atoms with van der Waals surface area (Å²) in [6.07, 6.45) is 0. The molecular formula is C61H86. The van der Waals surface area contributed by atoms with Crippen LogP contribution in [0.5, 0.6) is 0 Å². The van der Waals surface area contributed by atoms with E-state index >= 15 is 0 Å². The largest absolute Gasteiger partial charge is 0.0683 e. The fraction of sp³-hybridized carbons (Fsp3) is 0.311. The second-order valence-corrected chi connectivity index (χ2v) is 11.4. The normalized spacial score (nSPS) is 8.70. The molecule has 0 heteroatoms. The zero-order valence-corrected chi connectivity index (χ0v) is 41.7. The van der Waals surface area contributed by atoms with Gasteiger partial charge in [-0.15, -0.1) is 0 Å². The third kappa shape index (κ3) is 22.1. The quantitative estimate of drug-likeness (QED) is 0.141. The highest BCUT2D eigenvalue weighted by molar-refractivity contribution is 5.73. The first-order valence-corrected chi connectivity index (χ1v) is 23.7. The Labute approximate surface area is 378 Å². The van der Waals surface area contributed by atoms with Gasteiger partial charge in [-0.2, -0.15) is 0 Å². The van der Waals surface area contributed by atoms with Gasteiger partial charge in [0, 0.05) is 11.8 Å². The molecule has 0 nitrogen and oxygen atoms in total. The SMILES string of the molecule is CC.CC.CC.CC.CC.CC.CC.CC.CC(c1ccccc1)c1ccccc1.c1ccc(-c2cccc(-c3ccc(C(c4ccccc4)c4ccccc4)cc3)c2)cc1. The molecule has 0 saturated carbocycles. The lowest BCUT2D eigenvalue weighted by atomic mass is 9.84. The van der Waals surface area contributed by atoms with E-state index < -0.39 is 0 Å². The molecule has 0 aromatic heterocycles. The topological polar surface area (TPSA) is 0 Å². The predicted molar refractivity (Wildman–Crippen MR) is 282 cm³/mol. The second kappa shape index (κ2) is 42.7. The van der Waals surface area contributed by atoms with Crippen molar-refractivity contribution in [2.75, 3.05) is 0 Å². The molecule has 0 spiro atoms. The van der Waals surface area contributed by atoms with Gasteiger partial charge in [-0.05, 0) is 56.1 Å². The van der Waals surface area contributed by atoms with Crippen LogP contribution in [0.4, 0.5) is 0 Å². The highest BCUT2D eigenvalue weighted by atomic mass is 14.2. The summed E-state index contributed by atoms with van der Waals surface area (Å²) >= 11 is 0. The summed E-state index contributed by atoms with van der Waals surface area (Å²) in [5.74, 6) is 0.713.